The van der Waals surface area contributed by atoms with Crippen LogP contribution in [0.25, 0.3) is 0 Å². The lowest BCUT2D eigenvalue weighted by molar-refractivity contribution is -0.166. The summed E-state index contributed by atoms with van der Waals surface area (Å²) in [6.07, 6.45) is 0. The summed E-state index contributed by atoms with van der Waals surface area (Å²) in [5, 5.41) is 2.92. The van der Waals surface area contributed by atoms with Crippen LogP contribution in [0.5, 0.6) is 0 Å². The Balaban J connectivity index is 2.18. The summed E-state index contributed by atoms with van der Waals surface area (Å²) in [4.78, 5) is 52.9. The topological polar surface area (TPSA) is 102 Å². The number of hydrogen-bond acceptors (Lipinski definition) is 7. The highest BCUT2D eigenvalue weighted by molar-refractivity contribution is 6.27. The molecular weight excluding hydrogens is 352 g/mol. The number of carbonyl (C=O) groups excluding carboxylic acids is 4. The number of para-hydroxylation sites is 1. The van der Waals surface area contributed by atoms with Gasteiger partial charge in [-0.3, -0.25) is 14.9 Å². The Bertz CT molecular complexity index is 775. The van der Waals surface area contributed by atoms with Gasteiger partial charge in [0.25, 0.3) is 0 Å². The van der Waals surface area contributed by atoms with Crippen molar-refractivity contribution in [2.45, 2.75) is 25.4 Å². The van der Waals surface area contributed by atoms with Crippen LogP contribution in [0.4, 0.5) is 5.69 Å². The van der Waals surface area contributed by atoms with E-state index in [1.54, 1.807) is 30.3 Å². The quantitative estimate of drug-likeness (QED) is 0.465. The van der Waals surface area contributed by atoms with Crippen molar-refractivity contribution in [3.8, 4) is 0 Å². The van der Waals surface area contributed by atoms with Gasteiger partial charge in [-0.05, 0) is 18.1 Å². The second-order valence-electron chi connectivity index (χ2n) is 7.06. The summed E-state index contributed by atoms with van der Waals surface area (Å²) in [5.74, 6) is -5.19. The molecule has 2 aliphatic rings. The molecule has 0 bridgehead atoms. The number of rotatable bonds is 4. The summed E-state index contributed by atoms with van der Waals surface area (Å²) < 4.78 is 9.67. The zero-order chi connectivity index (χ0) is 19.9. The normalized spacial score (nSPS) is 26.3. The summed E-state index contributed by atoms with van der Waals surface area (Å²) in [6, 6.07) is 7.87. The van der Waals surface area contributed by atoms with Gasteiger partial charge in [0.2, 0.25) is 17.4 Å². The van der Waals surface area contributed by atoms with Crippen LogP contribution >= 0.6 is 0 Å². The number of nitrogens with one attached hydrogen (secondary N) is 1. The molecule has 3 atom stereocenters. The van der Waals surface area contributed by atoms with Crippen molar-refractivity contribution in [1.29, 1.82) is 0 Å². The molecule has 2 heterocycles. The predicted molar refractivity (Wildman–Crippen MR) is 94.4 cm³/mol. The smallest absolute Gasteiger partial charge is 0.338 e. The molecule has 2 fully saturated rings. The fourth-order valence-electron chi connectivity index (χ4n) is 4.14. The van der Waals surface area contributed by atoms with Gasteiger partial charge in [0.1, 0.15) is 0 Å². The van der Waals surface area contributed by atoms with Crippen LogP contribution in [0.1, 0.15) is 13.8 Å². The first-order valence-corrected chi connectivity index (χ1v) is 8.68. The van der Waals surface area contributed by atoms with E-state index in [1.807, 2.05) is 13.8 Å². The van der Waals surface area contributed by atoms with Crippen molar-refractivity contribution in [1.82, 2.24) is 5.32 Å². The summed E-state index contributed by atoms with van der Waals surface area (Å²) in [7, 11) is 2.26. The van der Waals surface area contributed by atoms with Crippen LogP contribution < -0.4 is 10.2 Å². The number of esters is 2. The van der Waals surface area contributed by atoms with Crippen molar-refractivity contribution < 1.29 is 28.7 Å². The first-order valence-electron chi connectivity index (χ1n) is 8.68. The van der Waals surface area contributed by atoms with Gasteiger partial charge in [0.05, 0.1) is 31.7 Å². The van der Waals surface area contributed by atoms with E-state index in [0.29, 0.717) is 5.69 Å². The minimum absolute atomic E-state index is 0.124. The average molecular weight is 374 g/mol. The van der Waals surface area contributed by atoms with Crippen LogP contribution in [0.3, 0.4) is 0 Å². The van der Waals surface area contributed by atoms with Gasteiger partial charge in [-0.1, -0.05) is 32.0 Å². The van der Waals surface area contributed by atoms with Crippen LogP contribution in [0.15, 0.2) is 30.3 Å². The molecule has 0 saturated carbocycles. The Kier molecular flexibility index (Phi) is 4.77. The standard InChI is InChI=1S/C19H22N2O6/c1-10(2)14-12-13(19(20-14,17(24)26-3)18(25)27-4)16(23)21(15(12)22)11-8-6-5-7-9-11/h5-10,12-14,20H,1-4H3/t12-,13-,14-/m1/s1. The van der Waals surface area contributed by atoms with Crippen molar-refractivity contribution in [2.24, 2.45) is 17.8 Å². The zero-order valence-corrected chi connectivity index (χ0v) is 15.6. The highest BCUT2D eigenvalue weighted by Gasteiger charge is 2.73. The number of nitrogens with zero attached hydrogens (tertiary/aromatic N) is 1. The Morgan fingerprint density at radius 2 is 1.59 bits per heavy atom. The van der Waals surface area contributed by atoms with Crippen LogP contribution in [0, 0.1) is 17.8 Å². The molecule has 1 aromatic rings. The molecule has 27 heavy (non-hydrogen) atoms. The largest absolute Gasteiger partial charge is 0.467 e. The molecule has 1 N–H and O–H groups in total. The average Bonchev–Trinajstić information content (AvgIpc) is 3.16. The first kappa shape index (κ1) is 19.0. The molecule has 8 nitrogen and oxygen atoms in total. The maximum absolute atomic E-state index is 13.3. The number of anilines is 1. The highest BCUT2D eigenvalue weighted by Crippen LogP contribution is 2.47. The van der Waals surface area contributed by atoms with Crippen LogP contribution in [-0.2, 0) is 28.7 Å². The predicted octanol–water partition coefficient (Wildman–Crippen LogP) is 0.505. The minimum atomic E-state index is -2.06. The van der Waals surface area contributed by atoms with Crippen molar-refractivity contribution in [3.63, 3.8) is 0 Å². The third-order valence-corrected chi connectivity index (χ3v) is 5.35. The van der Waals surface area contributed by atoms with Gasteiger partial charge < -0.3 is 9.47 Å². The molecule has 0 aromatic heterocycles. The van der Waals surface area contributed by atoms with Crippen molar-refractivity contribution in [3.05, 3.63) is 30.3 Å². The molecular formula is C19H22N2O6. The maximum atomic E-state index is 13.3. The number of hydrogen-bond donors (Lipinski definition) is 1. The van der Waals surface area contributed by atoms with Gasteiger partial charge in [0, 0.05) is 6.04 Å². The summed E-state index contributed by atoms with van der Waals surface area (Å²) in [5.41, 5.74) is -1.66. The Labute approximate surface area is 156 Å². The molecule has 0 aliphatic carbocycles. The molecule has 1 aromatic carbocycles. The van der Waals surface area contributed by atoms with E-state index in [4.69, 9.17) is 9.47 Å². The Morgan fingerprint density at radius 1 is 1.04 bits per heavy atom. The Hall–Kier alpha value is -2.74. The lowest BCUT2D eigenvalue weighted by Gasteiger charge is -2.30. The maximum Gasteiger partial charge on any atom is 0.338 e. The molecule has 2 aliphatic heterocycles. The number of amides is 2. The lowest BCUT2D eigenvalue weighted by Crippen LogP contribution is -2.63. The molecule has 3 rings (SSSR count). The number of ether oxygens (including phenoxy) is 2. The molecule has 0 unspecified atom stereocenters. The van der Waals surface area contributed by atoms with Gasteiger partial charge in [-0.2, -0.15) is 0 Å². The van der Waals surface area contributed by atoms with Crippen molar-refractivity contribution in [2.75, 3.05) is 19.1 Å². The summed E-state index contributed by atoms with van der Waals surface area (Å²) in [6.45, 7) is 3.70. The van der Waals surface area contributed by atoms with Gasteiger partial charge in [-0.15, -0.1) is 0 Å². The SMILES string of the molecule is COC(=O)C1(C(=O)OC)N[C@H](C(C)C)[C@@H]2C(=O)N(c3ccccc3)C(=O)[C@@H]21. The molecule has 2 saturated heterocycles. The number of methoxy groups -OCH3 is 2. The van der Waals surface area contributed by atoms with Crippen LogP contribution in [0.2, 0.25) is 0 Å². The fraction of sp³-hybridized carbons (Fsp3) is 0.474. The van der Waals surface area contributed by atoms with Gasteiger partial charge in [-0.25, -0.2) is 14.5 Å². The monoisotopic (exact) mass is 374 g/mol. The molecule has 144 valence electrons. The van der Waals surface area contributed by atoms with Crippen molar-refractivity contribution >= 4 is 29.4 Å². The van der Waals surface area contributed by atoms with E-state index in [0.717, 1.165) is 19.1 Å². The number of imide groups is 1. The third-order valence-electron chi connectivity index (χ3n) is 5.35. The Morgan fingerprint density at radius 3 is 2.07 bits per heavy atom. The second kappa shape index (κ2) is 6.77. The second-order valence-corrected chi connectivity index (χ2v) is 7.06. The van der Waals surface area contributed by atoms with Crippen LogP contribution in [-0.4, -0.2) is 49.6 Å². The van der Waals surface area contributed by atoms with Gasteiger partial charge in [0.15, 0.2) is 0 Å². The van der Waals surface area contributed by atoms with E-state index in [2.05, 4.69) is 5.32 Å². The summed E-state index contributed by atoms with van der Waals surface area (Å²) >= 11 is 0. The minimum Gasteiger partial charge on any atom is -0.467 e. The first-order chi connectivity index (χ1) is 12.8. The molecule has 8 heteroatoms. The lowest BCUT2D eigenvalue weighted by atomic mass is 9.78. The van der Waals surface area contributed by atoms with E-state index < -0.39 is 47.2 Å². The number of fused-ring (bicyclic) bond motifs is 1. The highest BCUT2D eigenvalue weighted by atomic mass is 16.5. The van der Waals surface area contributed by atoms with E-state index in [1.165, 1.54) is 0 Å². The number of benzene rings is 1. The van der Waals surface area contributed by atoms with E-state index >= 15 is 0 Å². The van der Waals surface area contributed by atoms with E-state index in [9.17, 15) is 19.2 Å². The zero-order valence-electron chi connectivity index (χ0n) is 15.6. The van der Waals surface area contributed by atoms with Gasteiger partial charge >= 0.3 is 11.9 Å². The third kappa shape index (κ3) is 2.55. The molecule has 2 amide bonds. The molecule has 0 spiro atoms. The van der Waals surface area contributed by atoms with E-state index in [-0.39, 0.29) is 5.92 Å². The molecule has 0 radical (unpaired) electrons. The fourth-order valence-corrected chi connectivity index (χ4v) is 4.14. The number of carbonyl (C=O) groups is 4.